The highest BCUT2D eigenvalue weighted by molar-refractivity contribution is 5.87. The first-order valence-corrected chi connectivity index (χ1v) is 7.86. The Morgan fingerprint density at radius 3 is 2.42 bits per heavy atom. The molecule has 0 atom stereocenters. The highest BCUT2D eigenvalue weighted by Gasteiger charge is 2.12. The number of para-hydroxylation sites is 1. The lowest BCUT2D eigenvalue weighted by Gasteiger charge is -2.17. The van der Waals surface area contributed by atoms with E-state index < -0.39 is 5.97 Å². The largest absolute Gasteiger partial charge is 0.493 e. The van der Waals surface area contributed by atoms with Gasteiger partial charge in [0.25, 0.3) is 0 Å². The van der Waals surface area contributed by atoms with Gasteiger partial charge in [-0.25, -0.2) is 4.79 Å². The molecule has 24 heavy (non-hydrogen) atoms. The summed E-state index contributed by atoms with van der Waals surface area (Å²) in [4.78, 5) is 10.9. The molecule has 0 amide bonds. The molecule has 5 nitrogen and oxygen atoms in total. The number of aromatic carboxylic acids is 1. The van der Waals surface area contributed by atoms with Crippen molar-refractivity contribution in [2.24, 2.45) is 0 Å². The summed E-state index contributed by atoms with van der Waals surface area (Å²) in [5.74, 6) is 0.555. The van der Waals surface area contributed by atoms with Gasteiger partial charge in [-0.1, -0.05) is 24.3 Å². The number of carbonyl (C=O) groups is 1. The maximum absolute atomic E-state index is 10.9. The highest BCUT2D eigenvalue weighted by atomic mass is 16.5. The summed E-state index contributed by atoms with van der Waals surface area (Å²) in [5, 5.41) is 12.3. The normalized spacial score (nSPS) is 10.7. The van der Waals surface area contributed by atoms with E-state index in [2.05, 4.69) is 5.32 Å². The molecule has 2 aromatic rings. The van der Waals surface area contributed by atoms with Crippen molar-refractivity contribution < 1.29 is 19.4 Å². The molecule has 0 aromatic heterocycles. The molecule has 0 saturated carbocycles. The number of hydrogen-bond donors (Lipinski definition) is 2. The molecule has 128 valence electrons. The van der Waals surface area contributed by atoms with E-state index in [1.165, 1.54) is 0 Å². The molecule has 0 saturated heterocycles. The summed E-state index contributed by atoms with van der Waals surface area (Å²) >= 11 is 0. The van der Waals surface area contributed by atoms with Crippen LogP contribution in [0.25, 0.3) is 0 Å². The molecule has 0 radical (unpaired) electrons. The lowest BCUT2D eigenvalue weighted by Crippen LogP contribution is -2.15. The number of methoxy groups -OCH3 is 1. The summed E-state index contributed by atoms with van der Waals surface area (Å²) in [7, 11) is 1.63. The standard InChI is InChI=1S/C19H23NO4/c1-13(2)24-18-16(5-4-6-17(18)23-3)12-20-11-14-7-9-15(10-8-14)19(21)22/h4-10,13,20H,11-12H2,1-3H3,(H,21,22). The van der Waals surface area contributed by atoms with Crippen LogP contribution in [0.5, 0.6) is 11.5 Å². The van der Waals surface area contributed by atoms with Crippen LogP contribution in [0.4, 0.5) is 0 Å². The second-order valence-corrected chi connectivity index (χ2v) is 5.72. The number of carboxylic acids is 1. The van der Waals surface area contributed by atoms with Crippen molar-refractivity contribution in [1.29, 1.82) is 0 Å². The molecule has 2 rings (SSSR count). The molecule has 0 spiro atoms. The predicted molar refractivity (Wildman–Crippen MR) is 92.7 cm³/mol. The minimum atomic E-state index is -0.915. The van der Waals surface area contributed by atoms with Crippen molar-refractivity contribution in [3.8, 4) is 11.5 Å². The van der Waals surface area contributed by atoms with Gasteiger partial charge < -0.3 is 19.9 Å². The third-order valence-electron chi connectivity index (χ3n) is 3.48. The Hall–Kier alpha value is -2.53. The average molecular weight is 329 g/mol. The second-order valence-electron chi connectivity index (χ2n) is 5.72. The van der Waals surface area contributed by atoms with Gasteiger partial charge in [-0.3, -0.25) is 0 Å². The number of hydrogen-bond acceptors (Lipinski definition) is 4. The summed E-state index contributed by atoms with van der Waals surface area (Å²) in [5.41, 5.74) is 2.33. The van der Waals surface area contributed by atoms with Gasteiger partial charge in [-0.05, 0) is 37.6 Å². The molecule has 2 N–H and O–H groups in total. The zero-order valence-corrected chi connectivity index (χ0v) is 14.2. The Kier molecular flexibility index (Phi) is 6.21. The Morgan fingerprint density at radius 1 is 1.12 bits per heavy atom. The van der Waals surface area contributed by atoms with Crippen LogP contribution in [0, 0.1) is 0 Å². The van der Waals surface area contributed by atoms with Gasteiger partial charge >= 0.3 is 5.97 Å². The lowest BCUT2D eigenvalue weighted by atomic mass is 10.1. The lowest BCUT2D eigenvalue weighted by molar-refractivity contribution is 0.0697. The first-order valence-electron chi connectivity index (χ1n) is 7.86. The van der Waals surface area contributed by atoms with E-state index in [9.17, 15) is 4.79 Å². The molecule has 2 aromatic carbocycles. The second kappa shape index (κ2) is 8.36. The van der Waals surface area contributed by atoms with Crippen LogP contribution in [-0.4, -0.2) is 24.3 Å². The smallest absolute Gasteiger partial charge is 0.335 e. The molecule has 0 aliphatic rings. The van der Waals surface area contributed by atoms with Gasteiger partial charge in [0.05, 0.1) is 18.8 Å². The van der Waals surface area contributed by atoms with Crippen molar-refractivity contribution >= 4 is 5.97 Å². The summed E-state index contributed by atoms with van der Waals surface area (Å²) in [6, 6.07) is 12.7. The summed E-state index contributed by atoms with van der Waals surface area (Å²) in [6.07, 6.45) is 0.0589. The van der Waals surface area contributed by atoms with Gasteiger partial charge in [0.2, 0.25) is 0 Å². The van der Waals surface area contributed by atoms with Crippen molar-refractivity contribution in [1.82, 2.24) is 5.32 Å². The Morgan fingerprint density at radius 2 is 1.83 bits per heavy atom. The number of benzene rings is 2. The Bertz CT molecular complexity index is 680. The van der Waals surface area contributed by atoms with Crippen molar-refractivity contribution in [2.75, 3.05) is 7.11 Å². The maximum Gasteiger partial charge on any atom is 0.335 e. The fraction of sp³-hybridized carbons (Fsp3) is 0.316. The van der Waals surface area contributed by atoms with Gasteiger partial charge in [-0.2, -0.15) is 0 Å². The maximum atomic E-state index is 10.9. The Balaban J connectivity index is 2.02. The van der Waals surface area contributed by atoms with Crippen LogP contribution in [0.15, 0.2) is 42.5 Å². The van der Waals surface area contributed by atoms with E-state index >= 15 is 0 Å². The van der Waals surface area contributed by atoms with Crippen LogP contribution in [0.3, 0.4) is 0 Å². The van der Waals surface area contributed by atoms with Crippen molar-refractivity contribution in [3.63, 3.8) is 0 Å². The SMILES string of the molecule is COc1cccc(CNCc2ccc(C(=O)O)cc2)c1OC(C)C. The molecule has 5 heteroatoms. The molecule has 0 fully saturated rings. The van der Waals surface area contributed by atoms with Crippen LogP contribution in [0.1, 0.15) is 35.3 Å². The van der Waals surface area contributed by atoms with E-state index in [1.807, 2.05) is 44.2 Å². The Labute approximate surface area is 142 Å². The van der Waals surface area contributed by atoms with Crippen LogP contribution in [-0.2, 0) is 13.1 Å². The van der Waals surface area contributed by atoms with E-state index in [1.54, 1.807) is 19.2 Å². The third kappa shape index (κ3) is 4.73. The van der Waals surface area contributed by atoms with Gasteiger partial charge in [0.1, 0.15) is 0 Å². The van der Waals surface area contributed by atoms with E-state index in [4.69, 9.17) is 14.6 Å². The first kappa shape index (κ1) is 17.8. The summed E-state index contributed by atoms with van der Waals surface area (Å²) in [6.45, 7) is 5.22. The minimum absolute atomic E-state index is 0.0589. The third-order valence-corrected chi connectivity index (χ3v) is 3.48. The zero-order valence-electron chi connectivity index (χ0n) is 14.2. The van der Waals surface area contributed by atoms with Crippen LogP contribution >= 0.6 is 0 Å². The van der Waals surface area contributed by atoms with Gasteiger partial charge in [0, 0.05) is 18.7 Å². The fourth-order valence-electron chi connectivity index (χ4n) is 2.34. The topological polar surface area (TPSA) is 67.8 Å². The quantitative estimate of drug-likeness (QED) is 0.776. The molecule has 0 aliphatic heterocycles. The number of nitrogens with one attached hydrogen (secondary N) is 1. The van der Waals surface area contributed by atoms with Crippen molar-refractivity contribution in [2.45, 2.75) is 33.0 Å². The summed E-state index contributed by atoms with van der Waals surface area (Å²) < 4.78 is 11.3. The minimum Gasteiger partial charge on any atom is -0.493 e. The van der Waals surface area contributed by atoms with E-state index in [0.717, 1.165) is 16.9 Å². The molecule has 0 unspecified atom stereocenters. The van der Waals surface area contributed by atoms with Crippen molar-refractivity contribution in [3.05, 3.63) is 59.2 Å². The van der Waals surface area contributed by atoms with E-state index in [0.29, 0.717) is 24.4 Å². The first-order chi connectivity index (χ1) is 11.5. The zero-order chi connectivity index (χ0) is 17.5. The monoisotopic (exact) mass is 329 g/mol. The fourth-order valence-corrected chi connectivity index (χ4v) is 2.34. The molecular formula is C19H23NO4. The number of carboxylic acid groups (broad SMARTS) is 1. The molecular weight excluding hydrogens is 306 g/mol. The van der Waals surface area contributed by atoms with Gasteiger partial charge in [-0.15, -0.1) is 0 Å². The predicted octanol–water partition coefficient (Wildman–Crippen LogP) is 3.47. The average Bonchev–Trinajstić information content (AvgIpc) is 2.56. The van der Waals surface area contributed by atoms with Crippen LogP contribution in [0.2, 0.25) is 0 Å². The van der Waals surface area contributed by atoms with E-state index in [-0.39, 0.29) is 6.10 Å². The van der Waals surface area contributed by atoms with Crippen LogP contribution < -0.4 is 14.8 Å². The molecule has 0 aliphatic carbocycles. The molecule has 0 bridgehead atoms. The van der Waals surface area contributed by atoms with Gasteiger partial charge in [0.15, 0.2) is 11.5 Å². The highest BCUT2D eigenvalue weighted by Crippen LogP contribution is 2.31. The molecule has 0 heterocycles. The number of rotatable bonds is 8. The number of ether oxygens (including phenoxy) is 2.